The van der Waals surface area contributed by atoms with Crippen LogP contribution in [0, 0.1) is 0 Å². The van der Waals surface area contributed by atoms with Crippen LogP contribution in [0.4, 0.5) is 5.69 Å². The highest BCUT2D eigenvalue weighted by molar-refractivity contribution is 5.98. The summed E-state index contributed by atoms with van der Waals surface area (Å²) in [4.78, 5) is 16.0. The van der Waals surface area contributed by atoms with Crippen LogP contribution in [0.25, 0.3) is 0 Å². The first-order chi connectivity index (χ1) is 16.0. The minimum Gasteiger partial charge on any atom is -0.497 e. The summed E-state index contributed by atoms with van der Waals surface area (Å²) in [6.07, 6.45) is 2.86. The van der Waals surface area contributed by atoms with Crippen molar-refractivity contribution in [3.05, 3.63) is 89.0 Å². The molecule has 0 radical (unpaired) electrons. The molecule has 33 heavy (non-hydrogen) atoms. The zero-order valence-electron chi connectivity index (χ0n) is 20.0. The highest BCUT2D eigenvalue weighted by atomic mass is 16.5. The highest BCUT2D eigenvalue weighted by Gasteiger charge is 2.31. The molecule has 0 aliphatic heterocycles. The van der Waals surface area contributed by atoms with Crippen molar-refractivity contribution in [1.82, 2.24) is 0 Å². The van der Waals surface area contributed by atoms with Crippen LogP contribution in [-0.2, 0) is 17.8 Å². The molecule has 4 rings (SSSR count). The van der Waals surface area contributed by atoms with Gasteiger partial charge in [0, 0.05) is 5.69 Å². The van der Waals surface area contributed by atoms with Gasteiger partial charge in [0.25, 0.3) is 0 Å². The van der Waals surface area contributed by atoms with E-state index in [1.54, 1.807) is 14.2 Å². The van der Waals surface area contributed by atoms with Crippen LogP contribution >= 0.6 is 0 Å². The van der Waals surface area contributed by atoms with E-state index < -0.39 is 0 Å². The van der Waals surface area contributed by atoms with Crippen molar-refractivity contribution in [2.45, 2.75) is 51.5 Å². The Morgan fingerprint density at radius 1 is 0.970 bits per heavy atom. The van der Waals surface area contributed by atoms with Crippen LogP contribution in [0.2, 0.25) is 0 Å². The Balaban J connectivity index is 1.72. The summed E-state index contributed by atoms with van der Waals surface area (Å²) in [6.45, 7) is 4.86. The molecule has 0 bridgehead atoms. The summed E-state index contributed by atoms with van der Waals surface area (Å²) in [7, 11) is 3.34. The molecule has 1 unspecified atom stereocenters. The minimum atomic E-state index is -0.181. The van der Waals surface area contributed by atoms with Crippen molar-refractivity contribution in [3.8, 4) is 11.5 Å². The molecular weight excluding hydrogens is 410 g/mol. The van der Waals surface area contributed by atoms with Crippen LogP contribution < -0.4 is 14.4 Å². The molecular formula is C29H33NO3. The van der Waals surface area contributed by atoms with E-state index in [0.717, 1.165) is 47.6 Å². The Morgan fingerprint density at radius 3 is 2.39 bits per heavy atom. The van der Waals surface area contributed by atoms with Gasteiger partial charge in [0.05, 0.1) is 26.7 Å². The topological polar surface area (TPSA) is 38.8 Å². The lowest BCUT2D eigenvalue weighted by Crippen LogP contribution is -2.36. The quantitative estimate of drug-likeness (QED) is 0.419. The fourth-order valence-corrected chi connectivity index (χ4v) is 4.64. The van der Waals surface area contributed by atoms with Gasteiger partial charge < -0.3 is 14.4 Å². The van der Waals surface area contributed by atoms with E-state index in [2.05, 4.69) is 44.2 Å². The number of aryl methyl sites for hydroxylation is 1. The molecule has 0 N–H and O–H groups in total. The predicted octanol–water partition coefficient (Wildman–Crippen LogP) is 6.48. The van der Waals surface area contributed by atoms with E-state index in [4.69, 9.17) is 9.47 Å². The number of fused-ring (bicyclic) bond motifs is 1. The number of hydrogen-bond donors (Lipinski definition) is 0. The van der Waals surface area contributed by atoms with Crippen molar-refractivity contribution < 1.29 is 14.3 Å². The van der Waals surface area contributed by atoms with E-state index in [9.17, 15) is 4.79 Å². The number of ether oxygens (including phenoxy) is 2. The molecule has 3 aromatic rings. The van der Waals surface area contributed by atoms with Crippen LogP contribution in [0.1, 0.15) is 60.8 Å². The Labute approximate surface area is 197 Å². The van der Waals surface area contributed by atoms with Crippen molar-refractivity contribution in [2.24, 2.45) is 0 Å². The second-order valence-electron chi connectivity index (χ2n) is 9.03. The van der Waals surface area contributed by atoms with Gasteiger partial charge in [-0.2, -0.15) is 0 Å². The van der Waals surface area contributed by atoms with E-state index in [0.29, 0.717) is 12.5 Å². The number of amides is 1. The predicted molar refractivity (Wildman–Crippen MR) is 133 cm³/mol. The molecule has 4 nitrogen and oxygen atoms in total. The monoisotopic (exact) mass is 443 g/mol. The van der Waals surface area contributed by atoms with Gasteiger partial charge in [-0.25, -0.2) is 0 Å². The molecule has 0 saturated carbocycles. The summed E-state index contributed by atoms with van der Waals surface area (Å²) in [5, 5.41) is 0. The smallest absolute Gasteiger partial charge is 0.234 e. The van der Waals surface area contributed by atoms with Gasteiger partial charge in [0.1, 0.15) is 11.5 Å². The van der Waals surface area contributed by atoms with Crippen LogP contribution in [0.5, 0.6) is 11.5 Å². The number of benzene rings is 3. The third kappa shape index (κ3) is 5.05. The largest absolute Gasteiger partial charge is 0.497 e. The van der Waals surface area contributed by atoms with Gasteiger partial charge in [0.15, 0.2) is 0 Å². The van der Waals surface area contributed by atoms with E-state index in [-0.39, 0.29) is 11.8 Å². The first-order valence-electron chi connectivity index (χ1n) is 11.7. The van der Waals surface area contributed by atoms with E-state index in [1.165, 1.54) is 11.1 Å². The second-order valence-corrected chi connectivity index (χ2v) is 9.03. The summed E-state index contributed by atoms with van der Waals surface area (Å²) in [5.74, 6) is 1.99. The van der Waals surface area contributed by atoms with Gasteiger partial charge in [-0.1, -0.05) is 44.2 Å². The van der Waals surface area contributed by atoms with Gasteiger partial charge in [-0.15, -0.1) is 0 Å². The molecule has 0 saturated heterocycles. The van der Waals surface area contributed by atoms with Gasteiger partial charge >= 0.3 is 0 Å². The molecule has 0 heterocycles. The van der Waals surface area contributed by atoms with Crippen molar-refractivity contribution >= 4 is 11.6 Å². The van der Waals surface area contributed by atoms with Crippen LogP contribution in [0.15, 0.2) is 66.7 Å². The average Bonchev–Trinajstić information content (AvgIpc) is 2.86. The normalized spacial score (nSPS) is 15.1. The summed E-state index contributed by atoms with van der Waals surface area (Å²) < 4.78 is 10.9. The molecule has 0 aromatic heterocycles. The zero-order chi connectivity index (χ0) is 23.4. The maximum atomic E-state index is 14.1. The molecule has 4 heteroatoms. The Kier molecular flexibility index (Phi) is 7.02. The fraction of sp³-hybridized carbons (Fsp3) is 0.345. The second kappa shape index (κ2) is 10.1. The van der Waals surface area contributed by atoms with Crippen LogP contribution in [-0.4, -0.2) is 20.1 Å². The number of nitrogens with zero attached hydrogens (tertiary/aromatic N) is 1. The summed E-state index contributed by atoms with van der Waals surface area (Å²) in [6, 6.07) is 22.5. The van der Waals surface area contributed by atoms with Crippen molar-refractivity contribution in [2.75, 3.05) is 19.1 Å². The number of carbonyl (C=O) groups excluding carboxylic acids is 1. The number of anilines is 1. The van der Waals surface area contributed by atoms with Crippen molar-refractivity contribution in [3.63, 3.8) is 0 Å². The lowest BCUT2D eigenvalue weighted by molar-refractivity contribution is -0.120. The first-order valence-corrected chi connectivity index (χ1v) is 11.7. The molecule has 1 aliphatic carbocycles. The first kappa shape index (κ1) is 22.9. The van der Waals surface area contributed by atoms with Gasteiger partial charge in [-0.05, 0) is 83.8 Å². The Hall–Kier alpha value is -3.27. The standard InChI is InChI=1S/C29H33NO3/c1-20(2)22-11-14-24(15-12-22)30(19-21-7-5-9-25(17-21)32-3)29(31)27-10-6-8-23-13-16-26(33-4)18-28(23)27/h5,7,9,11-18,20,27H,6,8,10,19H2,1-4H3. The third-order valence-electron chi connectivity index (χ3n) is 6.58. The Morgan fingerprint density at radius 2 is 1.70 bits per heavy atom. The maximum Gasteiger partial charge on any atom is 0.234 e. The molecule has 3 aromatic carbocycles. The molecule has 1 atom stereocenters. The molecule has 1 aliphatic rings. The molecule has 172 valence electrons. The number of rotatable bonds is 7. The number of hydrogen-bond acceptors (Lipinski definition) is 3. The number of carbonyl (C=O) groups is 1. The SMILES string of the molecule is COc1cccc(CN(C(=O)C2CCCc3ccc(OC)cc32)c2ccc(C(C)C)cc2)c1. The van der Waals surface area contributed by atoms with E-state index in [1.807, 2.05) is 41.3 Å². The number of methoxy groups -OCH3 is 2. The maximum absolute atomic E-state index is 14.1. The van der Waals surface area contributed by atoms with Gasteiger partial charge in [0.2, 0.25) is 5.91 Å². The van der Waals surface area contributed by atoms with Gasteiger partial charge in [-0.3, -0.25) is 4.79 Å². The minimum absolute atomic E-state index is 0.129. The molecule has 0 spiro atoms. The van der Waals surface area contributed by atoms with E-state index >= 15 is 0 Å². The summed E-state index contributed by atoms with van der Waals surface area (Å²) in [5.41, 5.74) is 5.57. The lowest BCUT2D eigenvalue weighted by atomic mass is 9.81. The molecule has 0 fully saturated rings. The lowest BCUT2D eigenvalue weighted by Gasteiger charge is -2.31. The zero-order valence-corrected chi connectivity index (χ0v) is 20.0. The summed E-state index contributed by atoms with van der Waals surface area (Å²) >= 11 is 0. The highest BCUT2D eigenvalue weighted by Crippen LogP contribution is 2.37. The molecule has 1 amide bonds. The third-order valence-corrected chi connectivity index (χ3v) is 6.58. The Bertz CT molecular complexity index is 1100. The average molecular weight is 444 g/mol. The fourth-order valence-electron chi connectivity index (χ4n) is 4.64. The van der Waals surface area contributed by atoms with Crippen LogP contribution in [0.3, 0.4) is 0 Å². The van der Waals surface area contributed by atoms with Crippen molar-refractivity contribution in [1.29, 1.82) is 0 Å².